The second kappa shape index (κ2) is 7.66. The molecule has 5 nitrogen and oxygen atoms in total. The van der Waals surface area contributed by atoms with E-state index in [1.807, 2.05) is 38.1 Å². The monoisotopic (exact) mass is 302 g/mol. The molecular weight excluding hydrogens is 280 g/mol. The van der Waals surface area contributed by atoms with Gasteiger partial charge in [0.25, 0.3) is 0 Å². The predicted molar refractivity (Wildman–Crippen MR) is 85.9 cm³/mol. The lowest BCUT2D eigenvalue weighted by molar-refractivity contribution is 0.152. The molecule has 1 heterocycles. The quantitative estimate of drug-likeness (QED) is 0.887. The number of benzene rings is 1. The number of urea groups is 1. The van der Waals surface area contributed by atoms with E-state index in [0.29, 0.717) is 19.7 Å². The Morgan fingerprint density at radius 2 is 2.09 bits per heavy atom. The van der Waals surface area contributed by atoms with Gasteiger partial charge in [-0.1, -0.05) is 6.07 Å². The summed E-state index contributed by atoms with van der Waals surface area (Å²) in [7, 11) is 1.62. The van der Waals surface area contributed by atoms with Crippen molar-refractivity contribution in [2.45, 2.75) is 20.4 Å². The zero-order valence-corrected chi connectivity index (χ0v) is 13.3. The first-order chi connectivity index (χ1) is 10.6. The first-order valence-electron chi connectivity index (χ1n) is 7.23. The Balaban J connectivity index is 2.05. The maximum Gasteiger partial charge on any atom is 0.322 e. The molecule has 1 aromatic carbocycles. The summed E-state index contributed by atoms with van der Waals surface area (Å²) in [6, 6.07) is 7.58. The fraction of sp³-hybridized carbons (Fsp3) is 0.353. The number of hydrogen-bond donors (Lipinski definition) is 1. The Morgan fingerprint density at radius 1 is 1.27 bits per heavy atom. The van der Waals surface area contributed by atoms with E-state index in [1.54, 1.807) is 24.5 Å². The number of amides is 2. The summed E-state index contributed by atoms with van der Waals surface area (Å²) < 4.78 is 10.1. The van der Waals surface area contributed by atoms with Gasteiger partial charge < -0.3 is 19.4 Å². The summed E-state index contributed by atoms with van der Waals surface area (Å²) in [6.07, 6.45) is 3.24. The van der Waals surface area contributed by atoms with Crippen LogP contribution in [0.2, 0.25) is 0 Å². The van der Waals surface area contributed by atoms with Crippen molar-refractivity contribution in [1.29, 1.82) is 0 Å². The first-order valence-corrected chi connectivity index (χ1v) is 7.23. The van der Waals surface area contributed by atoms with Crippen molar-refractivity contribution in [2.75, 3.05) is 25.6 Å². The average molecular weight is 302 g/mol. The van der Waals surface area contributed by atoms with Crippen molar-refractivity contribution in [1.82, 2.24) is 4.90 Å². The number of aryl methyl sites for hydroxylation is 2. The maximum atomic E-state index is 12.5. The fourth-order valence-electron chi connectivity index (χ4n) is 2.08. The van der Waals surface area contributed by atoms with Crippen LogP contribution in [0.5, 0.6) is 0 Å². The van der Waals surface area contributed by atoms with Crippen molar-refractivity contribution < 1.29 is 13.9 Å². The molecule has 2 amide bonds. The molecule has 0 saturated carbocycles. The molecule has 0 fully saturated rings. The summed E-state index contributed by atoms with van der Waals surface area (Å²) in [5.41, 5.74) is 4.10. The van der Waals surface area contributed by atoms with Crippen LogP contribution in [-0.2, 0) is 11.3 Å². The minimum absolute atomic E-state index is 0.151. The third-order valence-corrected chi connectivity index (χ3v) is 3.56. The summed E-state index contributed by atoms with van der Waals surface area (Å²) in [4.78, 5) is 14.2. The third-order valence-electron chi connectivity index (χ3n) is 3.56. The topological polar surface area (TPSA) is 54.7 Å². The van der Waals surface area contributed by atoms with E-state index in [-0.39, 0.29) is 6.03 Å². The zero-order valence-electron chi connectivity index (χ0n) is 13.3. The molecule has 1 N–H and O–H groups in total. The summed E-state index contributed by atoms with van der Waals surface area (Å²) >= 11 is 0. The Kier molecular flexibility index (Phi) is 5.61. The van der Waals surface area contributed by atoms with Crippen LogP contribution in [0.1, 0.15) is 16.7 Å². The number of hydrogen-bond acceptors (Lipinski definition) is 3. The van der Waals surface area contributed by atoms with Gasteiger partial charge >= 0.3 is 6.03 Å². The summed E-state index contributed by atoms with van der Waals surface area (Å²) in [5, 5.41) is 2.93. The number of rotatable bonds is 6. The molecule has 2 rings (SSSR count). The Labute approximate surface area is 130 Å². The maximum absolute atomic E-state index is 12.5. The molecule has 0 saturated heterocycles. The standard InChI is InChI=1S/C17H22N2O3/c1-13-4-5-16(10-14(13)2)18-17(20)19(7-9-21-3)11-15-6-8-22-12-15/h4-6,8,10,12H,7,9,11H2,1-3H3,(H,18,20). The number of anilines is 1. The molecule has 0 atom stereocenters. The molecule has 118 valence electrons. The van der Waals surface area contributed by atoms with Crippen LogP contribution >= 0.6 is 0 Å². The number of furan rings is 1. The minimum Gasteiger partial charge on any atom is -0.472 e. The fourth-order valence-corrected chi connectivity index (χ4v) is 2.08. The van der Waals surface area contributed by atoms with Crippen molar-refractivity contribution in [3.63, 3.8) is 0 Å². The Hall–Kier alpha value is -2.27. The predicted octanol–water partition coefficient (Wildman–Crippen LogP) is 3.58. The zero-order chi connectivity index (χ0) is 15.9. The van der Waals surface area contributed by atoms with Gasteiger partial charge in [0.2, 0.25) is 0 Å². The van der Waals surface area contributed by atoms with Crippen LogP contribution in [-0.4, -0.2) is 31.2 Å². The van der Waals surface area contributed by atoms with E-state index in [1.165, 1.54) is 5.56 Å². The average Bonchev–Trinajstić information content (AvgIpc) is 3.00. The SMILES string of the molecule is COCCN(Cc1ccoc1)C(=O)Nc1ccc(C)c(C)c1. The van der Waals surface area contributed by atoms with Gasteiger partial charge in [-0.05, 0) is 43.2 Å². The lowest BCUT2D eigenvalue weighted by Gasteiger charge is -2.22. The molecule has 0 bridgehead atoms. The summed E-state index contributed by atoms with van der Waals surface area (Å²) in [5.74, 6) is 0. The van der Waals surface area contributed by atoms with Crippen molar-refractivity contribution in [3.05, 3.63) is 53.5 Å². The highest BCUT2D eigenvalue weighted by Crippen LogP contribution is 2.15. The number of ether oxygens (including phenoxy) is 1. The molecule has 0 aliphatic heterocycles. The Bertz CT molecular complexity index is 608. The van der Waals surface area contributed by atoms with Crippen LogP contribution in [0.4, 0.5) is 10.5 Å². The third kappa shape index (κ3) is 4.36. The number of nitrogens with zero attached hydrogens (tertiary/aromatic N) is 1. The highest BCUT2D eigenvalue weighted by molar-refractivity contribution is 5.89. The molecule has 0 aliphatic carbocycles. The van der Waals surface area contributed by atoms with Crippen LogP contribution in [0.25, 0.3) is 0 Å². The molecule has 0 unspecified atom stereocenters. The summed E-state index contributed by atoms with van der Waals surface area (Å²) in [6.45, 7) is 5.55. The molecule has 1 aromatic heterocycles. The highest BCUT2D eigenvalue weighted by atomic mass is 16.5. The van der Waals surface area contributed by atoms with Gasteiger partial charge in [-0.2, -0.15) is 0 Å². The largest absolute Gasteiger partial charge is 0.472 e. The normalized spacial score (nSPS) is 10.5. The lowest BCUT2D eigenvalue weighted by atomic mass is 10.1. The van der Waals surface area contributed by atoms with Gasteiger partial charge in [0, 0.05) is 24.9 Å². The van der Waals surface area contributed by atoms with Gasteiger partial charge in [-0.15, -0.1) is 0 Å². The first kappa shape index (κ1) is 16.1. The molecule has 2 aromatic rings. The molecular formula is C17H22N2O3. The van der Waals surface area contributed by atoms with Crippen LogP contribution < -0.4 is 5.32 Å². The number of methoxy groups -OCH3 is 1. The van der Waals surface area contributed by atoms with Gasteiger partial charge in [0.1, 0.15) is 0 Å². The molecule has 0 radical (unpaired) electrons. The molecule has 22 heavy (non-hydrogen) atoms. The Morgan fingerprint density at radius 3 is 2.73 bits per heavy atom. The molecule has 0 aliphatic rings. The number of carbonyl (C=O) groups is 1. The van der Waals surface area contributed by atoms with Gasteiger partial charge in [-0.3, -0.25) is 0 Å². The van der Waals surface area contributed by atoms with Crippen molar-refractivity contribution in [3.8, 4) is 0 Å². The second-order valence-corrected chi connectivity index (χ2v) is 5.28. The van der Waals surface area contributed by atoms with Crippen molar-refractivity contribution >= 4 is 11.7 Å². The molecule has 0 spiro atoms. The number of carbonyl (C=O) groups excluding carboxylic acids is 1. The van der Waals surface area contributed by atoms with E-state index in [2.05, 4.69) is 5.32 Å². The number of nitrogens with one attached hydrogen (secondary N) is 1. The van der Waals surface area contributed by atoms with Gasteiger partial charge in [0.05, 0.1) is 25.7 Å². The van der Waals surface area contributed by atoms with Crippen LogP contribution in [0, 0.1) is 13.8 Å². The molecule has 5 heteroatoms. The van der Waals surface area contributed by atoms with E-state index in [9.17, 15) is 4.79 Å². The van der Waals surface area contributed by atoms with Crippen LogP contribution in [0.3, 0.4) is 0 Å². The van der Waals surface area contributed by atoms with E-state index in [0.717, 1.165) is 16.8 Å². The smallest absolute Gasteiger partial charge is 0.322 e. The minimum atomic E-state index is -0.151. The van der Waals surface area contributed by atoms with Gasteiger partial charge in [0.15, 0.2) is 0 Å². The van der Waals surface area contributed by atoms with Crippen molar-refractivity contribution in [2.24, 2.45) is 0 Å². The van der Waals surface area contributed by atoms with E-state index < -0.39 is 0 Å². The van der Waals surface area contributed by atoms with E-state index >= 15 is 0 Å². The van der Waals surface area contributed by atoms with Gasteiger partial charge in [-0.25, -0.2) is 4.79 Å². The van der Waals surface area contributed by atoms with E-state index in [4.69, 9.17) is 9.15 Å². The van der Waals surface area contributed by atoms with Crippen LogP contribution in [0.15, 0.2) is 41.2 Å². The second-order valence-electron chi connectivity index (χ2n) is 5.28. The highest BCUT2D eigenvalue weighted by Gasteiger charge is 2.14. The lowest BCUT2D eigenvalue weighted by Crippen LogP contribution is -2.36.